The Kier molecular flexibility index (Phi) is 4.42. The number of hydrogen-bond donors (Lipinski definition) is 1. The number of hydrogen-bond acceptors (Lipinski definition) is 4. The molecular weight excluding hydrogens is 240 g/mol. The average Bonchev–Trinajstić information content (AvgIpc) is 3.06. The first-order valence-corrected chi connectivity index (χ1v) is 7.95. The maximum Gasteiger partial charge on any atom is 0.0707 e. The molecule has 1 aliphatic carbocycles. The second kappa shape index (κ2) is 6.08. The van der Waals surface area contributed by atoms with Crippen molar-refractivity contribution in [3.8, 4) is 0 Å². The zero-order valence-corrected chi connectivity index (χ0v) is 12.3. The van der Waals surface area contributed by atoms with Gasteiger partial charge in [-0.15, -0.1) is 0 Å². The van der Waals surface area contributed by atoms with E-state index in [-0.39, 0.29) is 0 Å². The summed E-state index contributed by atoms with van der Waals surface area (Å²) in [4.78, 5) is 2.51. The topological polar surface area (TPSA) is 33.7 Å². The number of morpholine rings is 1. The minimum absolute atomic E-state index is 0.359. The van der Waals surface area contributed by atoms with E-state index in [1.807, 2.05) is 0 Å². The van der Waals surface area contributed by atoms with Crippen molar-refractivity contribution in [2.45, 2.75) is 70.0 Å². The summed E-state index contributed by atoms with van der Waals surface area (Å²) in [6.45, 7) is 8.57. The highest BCUT2D eigenvalue weighted by Crippen LogP contribution is 2.24. The molecule has 19 heavy (non-hydrogen) atoms. The van der Waals surface area contributed by atoms with E-state index in [0.29, 0.717) is 24.4 Å². The fourth-order valence-corrected chi connectivity index (χ4v) is 3.37. The van der Waals surface area contributed by atoms with Gasteiger partial charge in [0.25, 0.3) is 0 Å². The Bertz CT molecular complexity index is 286. The average molecular weight is 268 g/mol. The van der Waals surface area contributed by atoms with Gasteiger partial charge in [0.2, 0.25) is 0 Å². The molecule has 4 atom stereocenters. The molecule has 0 bridgehead atoms. The van der Waals surface area contributed by atoms with E-state index >= 15 is 0 Å². The van der Waals surface area contributed by atoms with Gasteiger partial charge in [-0.2, -0.15) is 0 Å². The van der Waals surface area contributed by atoms with Crippen LogP contribution in [0.4, 0.5) is 0 Å². The summed E-state index contributed by atoms with van der Waals surface area (Å²) in [5.41, 5.74) is 0. The number of ether oxygens (including phenoxy) is 2. The molecule has 0 aromatic carbocycles. The normalized spacial score (nSPS) is 40.7. The van der Waals surface area contributed by atoms with Crippen LogP contribution in [0.25, 0.3) is 0 Å². The van der Waals surface area contributed by atoms with Crippen molar-refractivity contribution >= 4 is 0 Å². The molecule has 3 rings (SSSR count). The molecule has 0 aromatic heterocycles. The first kappa shape index (κ1) is 13.8. The summed E-state index contributed by atoms with van der Waals surface area (Å²) in [6, 6.07) is 0.795. The van der Waals surface area contributed by atoms with Crippen molar-refractivity contribution < 1.29 is 9.47 Å². The van der Waals surface area contributed by atoms with Gasteiger partial charge in [0, 0.05) is 32.2 Å². The van der Waals surface area contributed by atoms with Gasteiger partial charge in [0.05, 0.1) is 24.4 Å². The third-order valence-electron chi connectivity index (χ3n) is 4.36. The monoisotopic (exact) mass is 268 g/mol. The smallest absolute Gasteiger partial charge is 0.0707 e. The quantitative estimate of drug-likeness (QED) is 0.817. The summed E-state index contributed by atoms with van der Waals surface area (Å²) in [5, 5.41) is 3.58. The Balaban J connectivity index is 1.38. The Morgan fingerprint density at radius 3 is 2.32 bits per heavy atom. The van der Waals surface area contributed by atoms with E-state index in [4.69, 9.17) is 9.47 Å². The van der Waals surface area contributed by atoms with Gasteiger partial charge in [-0.1, -0.05) is 0 Å². The maximum atomic E-state index is 6.17. The highest BCUT2D eigenvalue weighted by molar-refractivity contribution is 4.85. The number of nitrogens with one attached hydrogen (secondary N) is 1. The first-order chi connectivity index (χ1) is 9.19. The van der Waals surface area contributed by atoms with E-state index in [0.717, 1.165) is 32.2 Å². The van der Waals surface area contributed by atoms with Crippen molar-refractivity contribution in [2.24, 2.45) is 0 Å². The largest absolute Gasteiger partial charge is 0.373 e. The Morgan fingerprint density at radius 1 is 0.947 bits per heavy atom. The summed E-state index contributed by atoms with van der Waals surface area (Å²) < 4.78 is 11.9. The zero-order chi connectivity index (χ0) is 13.2. The van der Waals surface area contributed by atoms with Gasteiger partial charge in [0.15, 0.2) is 0 Å². The van der Waals surface area contributed by atoms with E-state index in [9.17, 15) is 0 Å². The van der Waals surface area contributed by atoms with E-state index in [1.54, 1.807) is 0 Å². The Labute approximate surface area is 116 Å². The van der Waals surface area contributed by atoms with Crippen LogP contribution in [0, 0.1) is 0 Å². The van der Waals surface area contributed by atoms with Crippen LogP contribution in [0.5, 0.6) is 0 Å². The summed E-state index contributed by atoms with van der Waals surface area (Å²) in [6.07, 6.45) is 6.76. The molecule has 4 heteroatoms. The number of rotatable bonds is 5. The lowest BCUT2D eigenvalue weighted by Crippen LogP contribution is -2.48. The van der Waals surface area contributed by atoms with Crippen LogP contribution in [-0.4, -0.2) is 61.5 Å². The van der Waals surface area contributed by atoms with Crippen LogP contribution in [0.2, 0.25) is 0 Å². The van der Waals surface area contributed by atoms with Gasteiger partial charge < -0.3 is 14.8 Å². The minimum atomic E-state index is 0.359. The molecule has 0 radical (unpaired) electrons. The van der Waals surface area contributed by atoms with E-state index in [2.05, 4.69) is 24.1 Å². The van der Waals surface area contributed by atoms with Crippen LogP contribution >= 0.6 is 0 Å². The molecule has 2 unspecified atom stereocenters. The molecule has 3 aliphatic rings. The molecule has 1 saturated carbocycles. The van der Waals surface area contributed by atoms with Crippen LogP contribution in [0.3, 0.4) is 0 Å². The second-order valence-electron chi connectivity index (χ2n) is 6.62. The Morgan fingerprint density at radius 2 is 1.63 bits per heavy atom. The minimum Gasteiger partial charge on any atom is -0.373 e. The van der Waals surface area contributed by atoms with Crippen molar-refractivity contribution in [1.82, 2.24) is 10.2 Å². The Hall–Kier alpha value is -0.160. The van der Waals surface area contributed by atoms with Crippen molar-refractivity contribution in [3.63, 3.8) is 0 Å². The van der Waals surface area contributed by atoms with Crippen molar-refractivity contribution in [3.05, 3.63) is 0 Å². The van der Waals surface area contributed by atoms with Crippen LogP contribution in [0.15, 0.2) is 0 Å². The second-order valence-corrected chi connectivity index (χ2v) is 6.62. The third kappa shape index (κ3) is 4.15. The van der Waals surface area contributed by atoms with Gasteiger partial charge in [-0.3, -0.25) is 4.90 Å². The number of nitrogens with zero attached hydrogens (tertiary/aromatic N) is 1. The molecule has 2 aliphatic heterocycles. The molecule has 2 saturated heterocycles. The highest BCUT2D eigenvalue weighted by Gasteiger charge is 2.31. The molecule has 1 N–H and O–H groups in total. The fraction of sp³-hybridized carbons (Fsp3) is 1.00. The fourth-order valence-electron chi connectivity index (χ4n) is 3.37. The predicted molar refractivity (Wildman–Crippen MR) is 75.4 cm³/mol. The van der Waals surface area contributed by atoms with Crippen LogP contribution in [-0.2, 0) is 9.47 Å². The van der Waals surface area contributed by atoms with E-state index < -0.39 is 0 Å². The van der Waals surface area contributed by atoms with Crippen molar-refractivity contribution in [1.29, 1.82) is 0 Å². The van der Waals surface area contributed by atoms with Crippen molar-refractivity contribution in [2.75, 3.05) is 26.2 Å². The lowest BCUT2D eigenvalue weighted by molar-refractivity contribution is -0.0811. The van der Waals surface area contributed by atoms with Crippen LogP contribution < -0.4 is 5.32 Å². The van der Waals surface area contributed by atoms with Gasteiger partial charge in [-0.25, -0.2) is 0 Å². The lowest BCUT2D eigenvalue weighted by atomic mass is 10.1. The maximum absolute atomic E-state index is 6.17. The lowest BCUT2D eigenvalue weighted by Gasteiger charge is -2.36. The summed E-state index contributed by atoms with van der Waals surface area (Å²) >= 11 is 0. The molecule has 0 spiro atoms. The standard InChI is InChI=1S/C15H28N2O2/c1-11-8-17(9-12(2)18-11)10-15-6-5-14(19-15)7-16-13-3-4-13/h11-16H,3-10H2,1-2H3/t11-,12+,14?,15?. The van der Waals surface area contributed by atoms with E-state index in [1.165, 1.54) is 25.7 Å². The summed E-state index contributed by atoms with van der Waals surface area (Å²) in [5.74, 6) is 0. The van der Waals surface area contributed by atoms with Gasteiger partial charge in [-0.05, 0) is 39.5 Å². The van der Waals surface area contributed by atoms with Crippen LogP contribution in [0.1, 0.15) is 39.5 Å². The molecule has 110 valence electrons. The molecule has 2 heterocycles. The molecule has 3 fully saturated rings. The third-order valence-corrected chi connectivity index (χ3v) is 4.36. The summed E-state index contributed by atoms with van der Waals surface area (Å²) in [7, 11) is 0. The predicted octanol–water partition coefficient (Wildman–Crippen LogP) is 1.40. The van der Waals surface area contributed by atoms with Gasteiger partial charge in [0.1, 0.15) is 0 Å². The highest BCUT2D eigenvalue weighted by atomic mass is 16.5. The molecule has 4 nitrogen and oxygen atoms in total. The SMILES string of the molecule is C[C@@H]1CN(CC2CCC(CNC3CC3)O2)C[C@H](C)O1. The molecule has 0 amide bonds. The zero-order valence-electron chi connectivity index (χ0n) is 12.3. The molecular formula is C15H28N2O2. The van der Waals surface area contributed by atoms with Gasteiger partial charge >= 0.3 is 0 Å². The molecule has 0 aromatic rings. The first-order valence-electron chi connectivity index (χ1n) is 7.95.